The van der Waals surface area contributed by atoms with Gasteiger partial charge >= 0.3 is 5.69 Å². The van der Waals surface area contributed by atoms with Crippen molar-refractivity contribution in [2.24, 2.45) is 5.92 Å². The van der Waals surface area contributed by atoms with Gasteiger partial charge in [0, 0.05) is 13.1 Å². The molecule has 1 aromatic carbocycles. The fourth-order valence-corrected chi connectivity index (χ4v) is 2.93. The van der Waals surface area contributed by atoms with Crippen molar-refractivity contribution in [2.75, 3.05) is 29.0 Å². The van der Waals surface area contributed by atoms with E-state index in [0.717, 1.165) is 25.9 Å². The molecule has 0 saturated carbocycles. The maximum atomic E-state index is 13.9. The zero-order valence-corrected chi connectivity index (χ0v) is 13.8. The second-order valence-corrected chi connectivity index (χ2v) is 6.16. The molecule has 1 aliphatic rings. The molecular weight excluding hydrogens is 327 g/mol. The lowest BCUT2D eigenvalue weighted by Gasteiger charge is -2.31. The molecule has 132 valence electrons. The normalized spacial score (nSPS) is 17.4. The summed E-state index contributed by atoms with van der Waals surface area (Å²) >= 11 is 0. The summed E-state index contributed by atoms with van der Waals surface area (Å²) in [6.07, 6.45) is 2.09. The molecule has 1 aliphatic heterocycles. The van der Waals surface area contributed by atoms with Gasteiger partial charge in [-0.3, -0.25) is 10.1 Å². The lowest BCUT2D eigenvalue weighted by molar-refractivity contribution is -0.383. The van der Waals surface area contributed by atoms with Crippen LogP contribution < -0.4 is 16.0 Å². The van der Waals surface area contributed by atoms with E-state index in [9.17, 15) is 14.5 Å². The van der Waals surface area contributed by atoms with Crippen molar-refractivity contribution in [1.29, 1.82) is 0 Å². The molecule has 2 heterocycles. The van der Waals surface area contributed by atoms with Gasteiger partial charge in [0.05, 0.1) is 10.6 Å². The summed E-state index contributed by atoms with van der Waals surface area (Å²) in [4.78, 5) is 21.0. The van der Waals surface area contributed by atoms with Crippen molar-refractivity contribution in [2.45, 2.75) is 19.8 Å². The van der Waals surface area contributed by atoms with E-state index in [1.54, 1.807) is 6.07 Å². The van der Waals surface area contributed by atoms with E-state index in [4.69, 9.17) is 5.73 Å². The Hall–Kier alpha value is -2.97. The quantitative estimate of drug-likeness (QED) is 0.646. The SMILES string of the molecule is C[C@@H]1CCCN(c2nc(N)c([N+](=O)[O-])c(Nc3ccccc3F)n2)C1. The first-order valence-corrected chi connectivity index (χ1v) is 8.04. The highest BCUT2D eigenvalue weighted by Gasteiger charge is 2.27. The van der Waals surface area contributed by atoms with Gasteiger partial charge in [0.2, 0.25) is 17.6 Å². The highest BCUT2D eigenvalue weighted by molar-refractivity contribution is 5.74. The van der Waals surface area contributed by atoms with Crippen LogP contribution in [0.4, 0.5) is 33.3 Å². The molecule has 3 rings (SSSR count). The molecule has 0 radical (unpaired) electrons. The van der Waals surface area contributed by atoms with Gasteiger partial charge in [0.25, 0.3) is 0 Å². The molecule has 2 aromatic rings. The second-order valence-electron chi connectivity index (χ2n) is 6.16. The predicted molar refractivity (Wildman–Crippen MR) is 93.4 cm³/mol. The molecule has 8 nitrogen and oxygen atoms in total. The fraction of sp³-hybridized carbons (Fsp3) is 0.375. The Bertz CT molecular complexity index is 800. The Morgan fingerprint density at radius 3 is 2.84 bits per heavy atom. The van der Waals surface area contributed by atoms with E-state index in [-0.39, 0.29) is 17.3 Å². The molecule has 0 amide bonds. The van der Waals surface area contributed by atoms with Gasteiger partial charge in [-0.1, -0.05) is 19.1 Å². The second kappa shape index (κ2) is 6.88. The maximum absolute atomic E-state index is 13.9. The van der Waals surface area contributed by atoms with E-state index >= 15 is 0 Å². The number of nitrogens with one attached hydrogen (secondary N) is 1. The van der Waals surface area contributed by atoms with Gasteiger partial charge in [-0.25, -0.2) is 4.39 Å². The minimum absolute atomic E-state index is 0.0849. The van der Waals surface area contributed by atoms with Crippen molar-refractivity contribution in [3.63, 3.8) is 0 Å². The summed E-state index contributed by atoms with van der Waals surface area (Å²) < 4.78 is 13.9. The lowest BCUT2D eigenvalue weighted by atomic mass is 10.0. The molecule has 25 heavy (non-hydrogen) atoms. The van der Waals surface area contributed by atoms with Crippen LogP contribution in [0.5, 0.6) is 0 Å². The molecule has 0 aliphatic carbocycles. The number of halogens is 1. The molecule has 0 bridgehead atoms. The van der Waals surface area contributed by atoms with Crippen molar-refractivity contribution in [3.05, 3.63) is 40.2 Å². The van der Waals surface area contributed by atoms with Crippen LogP contribution in [0.2, 0.25) is 0 Å². The minimum Gasteiger partial charge on any atom is -0.378 e. The highest BCUT2D eigenvalue weighted by Crippen LogP contribution is 2.33. The third-order valence-corrected chi connectivity index (χ3v) is 4.15. The molecular formula is C16H19FN6O2. The predicted octanol–water partition coefficient (Wildman–Crippen LogP) is 3.09. The summed E-state index contributed by atoms with van der Waals surface area (Å²) in [5.74, 6) is -0.116. The topological polar surface area (TPSA) is 110 Å². The smallest absolute Gasteiger partial charge is 0.353 e. The van der Waals surface area contributed by atoms with E-state index in [1.807, 2.05) is 4.90 Å². The standard InChI is InChI=1S/C16H19FN6O2/c1-10-5-4-8-22(9-10)16-20-14(18)13(23(24)25)15(21-16)19-12-7-3-2-6-11(12)17/h2-3,6-7,10H,4-5,8-9H2,1H3,(H3,18,19,20,21)/t10-/m1/s1. The number of para-hydroxylation sites is 1. The number of hydrogen-bond acceptors (Lipinski definition) is 7. The van der Waals surface area contributed by atoms with E-state index in [0.29, 0.717) is 11.9 Å². The maximum Gasteiger partial charge on any atom is 0.353 e. The number of piperidine rings is 1. The molecule has 1 atom stereocenters. The van der Waals surface area contributed by atoms with Gasteiger partial charge in [0.1, 0.15) is 5.82 Å². The van der Waals surface area contributed by atoms with Crippen LogP contribution in [0, 0.1) is 21.8 Å². The number of hydrogen-bond donors (Lipinski definition) is 2. The first kappa shape index (κ1) is 16.9. The Kier molecular flexibility index (Phi) is 4.64. The van der Waals surface area contributed by atoms with E-state index in [2.05, 4.69) is 22.2 Å². The molecule has 0 unspecified atom stereocenters. The summed E-state index contributed by atoms with van der Waals surface area (Å²) in [5.41, 5.74) is 5.43. The molecule has 1 fully saturated rings. The molecule has 9 heteroatoms. The Morgan fingerprint density at radius 1 is 1.40 bits per heavy atom. The van der Waals surface area contributed by atoms with Crippen molar-refractivity contribution in [1.82, 2.24) is 9.97 Å². The molecule has 3 N–H and O–H groups in total. The average Bonchev–Trinajstić information content (AvgIpc) is 2.56. The number of rotatable bonds is 4. The monoisotopic (exact) mass is 346 g/mol. The largest absolute Gasteiger partial charge is 0.378 e. The molecule has 0 spiro atoms. The summed E-state index contributed by atoms with van der Waals surface area (Å²) in [6.45, 7) is 3.62. The van der Waals surface area contributed by atoms with E-state index in [1.165, 1.54) is 18.2 Å². The van der Waals surface area contributed by atoms with Crippen LogP contribution >= 0.6 is 0 Å². The van der Waals surface area contributed by atoms with Gasteiger partial charge in [0.15, 0.2) is 0 Å². The van der Waals surface area contributed by atoms with Crippen LogP contribution in [-0.2, 0) is 0 Å². The molecule has 1 aromatic heterocycles. The first-order valence-electron chi connectivity index (χ1n) is 8.04. The van der Waals surface area contributed by atoms with Crippen LogP contribution in [0.3, 0.4) is 0 Å². The van der Waals surface area contributed by atoms with Crippen LogP contribution in [0.15, 0.2) is 24.3 Å². The summed E-state index contributed by atoms with van der Waals surface area (Å²) in [7, 11) is 0. The van der Waals surface area contributed by atoms with E-state index < -0.39 is 16.4 Å². The number of nitro groups is 1. The minimum atomic E-state index is -0.666. The Labute approximate surface area is 144 Å². The summed E-state index contributed by atoms with van der Waals surface area (Å²) in [5, 5.41) is 14.0. The first-order chi connectivity index (χ1) is 12.0. The van der Waals surface area contributed by atoms with Gasteiger partial charge in [-0.15, -0.1) is 0 Å². The Balaban J connectivity index is 2.02. The summed E-state index contributed by atoms with van der Waals surface area (Å²) in [6, 6.07) is 5.88. The fourth-order valence-electron chi connectivity index (χ4n) is 2.93. The average molecular weight is 346 g/mol. The third kappa shape index (κ3) is 3.59. The zero-order valence-electron chi connectivity index (χ0n) is 13.8. The lowest BCUT2D eigenvalue weighted by Crippen LogP contribution is -2.35. The van der Waals surface area contributed by atoms with Crippen molar-refractivity contribution >= 4 is 29.0 Å². The van der Waals surface area contributed by atoms with Crippen LogP contribution in [0.25, 0.3) is 0 Å². The molecule has 1 saturated heterocycles. The number of nitrogens with two attached hydrogens (primary N) is 1. The van der Waals surface area contributed by atoms with Gasteiger partial charge in [-0.2, -0.15) is 9.97 Å². The third-order valence-electron chi connectivity index (χ3n) is 4.15. The highest BCUT2D eigenvalue weighted by atomic mass is 19.1. The van der Waals surface area contributed by atoms with Gasteiger partial charge in [-0.05, 0) is 30.9 Å². The van der Waals surface area contributed by atoms with Gasteiger partial charge < -0.3 is 16.0 Å². The van der Waals surface area contributed by atoms with Crippen LogP contribution in [0.1, 0.15) is 19.8 Å². The number of nitrogen functional groups attached to an aromatic ring is 1. The number of aromatic nitrogens is 2. The number of nitrogens with zero attached hydrogens (tertiary/aromatic N) is 4. The number of benzene rings is 1. The number of anilines is 4. The van der Waals surface area contributed by atoms with Crippen molar-refractivity contribution in [3.8, 4) is 0 Å². The van der Waals surface area contributed by atoms with Crippen molar-refractivity contribution < 1.29 is 9.31 Å². The van der Waals surface area contributed by atoms with Crippen LogP contribution in [-0.4, -0.2) is 28.0 Å². The zero-order chi connectivity index (χ0) is 18.0. The Morgan fingerprint density at radius 2 is 2.16 bits per heavy atom.